The summed E-state index contributed by atoms with van der Waals surface area (Å²) >= 11 is 1.47. The van der Waals surface area contributed by atoms with E-state index in [-0.39, 0.29) is 23.8 Å². The van der Waals surface area contributed by atoms with Crippen molar-refractivity contribution in [2.75, 3.05) is 13.7 Å². The van der Waals surface area contributed by atoms with Gasteiger partial charge in [0, 0.05) is 12.6 Å². The third-order valence-corrected chi connectivity index (χ3v) is 6.48. The molecular formula is C20H20N2O5S2. The Labute approximate surface area is 173 Å². The molecule has 0 spiro atoms. The smallest absolute Gasteiger partial charge is 0.331 e. The van der Waals surface area contributed by atoms with E-state index in [1.54, 1.807) is 13.0 Å². The highest BCUT2D eigenvalue weighted by molar-refractivity contribution is 7.89. The van der Waals surface area contributed by atoms with Crippen LogP contribution in [0, 0.1) is 0 Å². The molecular weight excluding hydrogens is 412 g/mol. The third-order valence-electron chi connectivity index (χ3n) is 3.90. The summed E-state index contributed by atoms with van der Waals surface area (Å²) in [5.41, 5.74) is 1.39. The van der Waals surface area contributed by atoms with Crippen LogP contribution in [0.5, 0.6) is 5.75 Å². The maximum Gasteiger partial charge on any atom is 0.331 e. The van der Waals surface area contributed by atoms with Crippen LogP contribution in [-0.2, 0) is 26.2 Å². The number of esters is 1. The number of thiazole rings is 1. The monoisotopic (exact) mass is 432 g/mol. The number of hydrogen-bond donors (Lipinski definition) is 1. The summed E-state index contributed by atoms with van der Waals surface area (Å²) in [4.78, 5) is 16.4. The zero-order valence-corrected chi connectivity index (χ0v) is 17.5. The number of aromatic nitrogens is 1. The molecule has 0 saturated heterocycles. The lowest BCUT2D eigenvalue weighted by molar-refractivity contribution is -0.138. The van der Waals surface area contributed by atoms with Crippen molar-refractivity contribution >= 4 is 43.6 Å². The Balaban J connectivity index is 1.69. The molecule has 0 fully saturated rings. The van der Waals surface area contributed by atoms with Gasteiger partial charge >= 0.3 is 5.97 Å². The minimum absolute atomic E-state index is 0.00634. The van der Waals surface area contributed by atoms with E-state index in [0.29, 0.717) is 10.6 Å². The van der Waals surface area contributed by atoms with Crippen molar-refractivity contribution in [2.45, 2.75) is 18.4 Å². The quantitative estimate of drug-likeness (QED) is 0.433. The number of hydrogen-bond acceptors (Lipinski definition) is 7. The Morgan fingerprint density at radius 3 is 2.76 bits per heavy atom. The molecule has 0 bridgehead atoms. The number of benzene rings is 2. The Morgan fingerprint density at radius 2 is 2.03 bits per heavy atom. The predicted octanol–water partition coefficient (Wildman–Crippen LogP) is 3.36. The lowest BCUT2D eigenvalue weighted by atomic mass is 10.2. The van der Waals surface area contributed by atoms with E-state index in [1.807, 2.05) is 24.3 Å². The number of carbonyl (C=O) groups is 1. The molecule has 0 radical (unpaired) electrons. The van der Waals surface area contributed by atoms with Crippen molar-refractivity contribution < 1.29 is 22.7 Å². The Bertz CT molecular complexity index is 1120. The second-order valence-electron chi connectivity index (χ2n) is 5.93. The van der Waals surface area contributed by atoms with Crippen molar-refractivity contribution in [1.29, 1.82) is 0 Å². The first-order valence-electron chi connectivity index (χ1n) is 8.80. The van der Waals surface area contributed by atoms with Crippen LogP contribution in [0.3, 0.4) is 0 Å². The Morgan fingerprint density at radius 1 is 1.24 bits per heavy atom. The van der Waals surface area contributed by atoms with Gasteiger partial charge in [0.2, 0.25) is 10.0 Å². The highest BCUT2D eigenvalue weighted by Gasteiger charge is 2.18. The number of carbonyl (C=O) groups excluding carboxylic acids is 1. The maximum absolute atomic E-state index is 12.3. The van der Waals surface area contributed by atoms with Crippen LogP contribution >= 0.6 is 11.3 Å². The molecule has 1 aromatic heterocycles. The topological polar surface area (TPSA) is 94.6 Å². The summed E-state index contributed by atoms with van der Waals surface area (Å²) in [5, 5.41) is 0.705. The highest BCUT2D eigenvalue weighted by atomic mass is 32.2. The van der Waals surface area contributed by atoms with E-state index in [0.717, 1.165) is 10.2 Å². The summed E-state index contributed by atoms with van der Waals surface area (Å²) in [6, 6.07) is 12.3. The minimum atomic E-state index is -3.71. The van der Waals surface area contributed by atoms with E-state index >= 15 is 0 Å². The molecule has 0 saturated carbocycles. The second-order valence-corrected chi connectivity index (χ2v) is 8.78. The Hall–Kier alpha value is -2.75. The van der Waals surface area contributed by atoms with Gasteiger partial charge in [-0.3, -0.25) is 0 Å². The van der Waals surface area contributed by atoms with Crippen molar-refractivity contribution in [1.82, 2.24) is 9.71 Å². The van der Waals surface area contributed by atoms with Gasteiger partial charge in [0.05, 0.1) is 17.3 Å². The van der Waals surface area contributed by atoms with Crippen LogP contribution < -0.4 is 9.46 Å². The number of nitrogens with zero attached hydrogens (tertiary/aromatic N) is 1. The van der Waals surface area contributed by atoms with Gasteiger partial charge in [0.15, 0.2) is 0 Å². The standard InChI is InChI=1S/C20H20N2O5S2/c1-3-21-29(24,25)18-12-14(8-10-16(18)26-2)9-11-20(23)27-13-19-22-15-6-4-5-7-17(15)28-19/h4-12,21H,3,13H2,1-2H3/b11-9+. The van der Waals surface area contributed by atoms with Gasteiger partial charge in [-0.25, -0.2) is 22.9 Å². The molecule has 0 atom stereocenters. The van der Waals surface area contributed by atoms with Gasteiger partial charge in [-0.05, 0) is 35.9 Å². The van der Waals surface area contributed by atoms with Gasteiger partial charge in [0.25, 0.3) is 0 Å². The molecule has 9 heteroatoms. The summed E-state index contributed by atoms with van der Waals surface area (Å²) in [5.74, 6) is -0.322. The second kappa shape index (κ2) is 9.17. The molecule has 0 aliphatic heterocycles. The van der Waals surface area contributed by atoms with Crippen molar-refractivity contribution in [2.24, 2.45) is 0 Å². The number of sulfonamides is 1. The summed E-state index contributed by atoms with van der Waals surface area (Å²) in [6.07, 6.45) is 2.74. The van der Waals surface area contributed by atoms with Crippen LogP contribution in [0.4, 0.5) is 0 Å². The van der Waals surface area contributed by atoms with E-state index in [4.69, 9.17) is 9.47 Å². The molecule has 3 aromatic rings. The molecule has 0 amide bonds. The van der Waals surface area contributed by atoms with Crippen LogP contribution in [0.2, 0.25) is 0 Å². The van der Waals surface area contributed by atoms with Crippen LogP contribution in [0.1, 0.15) is 17.5 Å². The van der Waals surface area contributed by atoms with Gasteiger partial charge < -0.3 is 9.47 Å². The normalized spacial score (nSPS) is 11.8. The van der Waals surface area contributed by atoms with Gasteiger partial charge in [0.1, 0.15) is 22.3 Å². The summed E-state index contributed by atoms with van der Waals surface area (Å²) < 4.78 is 38.5. The molecule has 7 nitrogen and oxygen atoms in total. The molecule has 2 aromatic carbocycles. The van der Waals surface area contributed by atoms with E-state index in [9.17, 15) is 13.2 Å². The SMILES string of the molecule is CCNS(=O)(=O)c1cc(/C=C/C(=O)OCc2nc3ccccc3s2)ccc1OC. The fourth-order valence-corrected chi connectivity index (χ4v) is 4.73. The summed E-state index contributed by atoms with van der Waals surface area (Å²) in [6.45, 7) is 2.02. The molecule has 0 unspecified atom stereocenters. The summed E-state index contributed by atoms with van der Waals surface area (Å²) in [7, 11) is -2.31. The lowest BCUT2D eigenvalue weighted by Gasteiger charge is -2.10. The fourth-order valence-electron chi connectivity index (χ4n) is 2.60. The van der Waals surface area contributed by atoms with Crippen molar-refractivity contribution in [3.8, 4) is 5.75 Å². The van der Waals surface area contributed by atoms with E-state index < -0.39 is 16.0 Å². The van der Waals surface area contributed by atoms with Crippen molar-refractivity contribution in [3.05, 3.63) is 59.1 Å². The molecule has 3 rings (SSSR count). The molecule has 152 valence electrons. The Kier molecular flexibility index (Phi) is 6.63. The average molecular weight is 433 g/mol. The number of ether oxygens (including phenoxy) is 2. The first kappa shape index (κ1) is 21.0. The highest BCUT2D eigenvalue weighted by Crippen LogP contribution is 2.25. The molecule has 29 heavy (non-hydrogen) atoms. The number of nitrogens with one attached hydrogen (secondary N) is 1. The van der Waals surface area contributed by atoms with E-state index in [2.05, 4.69) is 9.71 Å². The van der Waals surface area contributed by atoms with Crippen LogP contribution in [-0.4, -0.2) is 33.0 Å². The number of rotatable bonds is 8. The molecule has 1 N–H and O–H groups in total. The van der Waals surface area contributed by atoms with Crippen LogP contribution in [0.15, 0.2) is 53.4 Å². The number of para-hydroxylation sites is 1. The largest absolute Gasteiger partial charge is 0.495 e. The first-order valence-corrected chi connectivity index (χ1v) is 11.1. The average Bonchev–Trinajstić information content (AvgIpc) is 3.13. The minimum Gasteiger partial charge on any atom is -0.495 e. The zero-order valence-electron chi connectivity index (χ0n) is 15.9. The molecule has 0 aliphatic carbocycles. The van der Waals surface area contributed by atoms with Crippen molar-refractivity contribution in [3.63, 3.8) is 0 Å². The molecule has 1 heterocycles. The number of methoxy groups -OCH3 is 1. The van der Waals surface area contributed by atoms with Gasteiger partial charge in [-0.2, -0.15) is 0 Å². The van der Waals surface area contributed by atoms with E-state index in [1.165, 1.54) is 42.7 Å². The van der Waals surface area contributed by atoms with Gasteiger partial charge in [-0.15, -0.1) is 11.3 Å². The number of fused-ring (bicyclic) bond motifs is 1. The fraction of sp³-hybridized carbons (Fsp3) is 0.200. The molecule has 0 aliphatic rings. The zero-order chi connectivity index (χ0) is 20.9. The third kappa shape index (κ3) is 5.20. The maximum atomic E-state index is 12.3. The predicted molar refractivity (Wildman–Crippen MR) is 112 cm³/mol. The lowest BCUT2D eigenvalue weighted by Crippen LogP contribution is -2.23. The van der Waals surface area contributed by atoms with Crippen LogP contribution in [0.25, 0.3) is 16.3 Å². The van der Waals surface area contributed by atoms with Gasteiger partial charge in [-0.1, -0.05) is 25.1 Å². The first-order chi connectivity index (χ1) is 13.9.